The molecular formula is C16H10N4O. The van der Waals surface area contributed by atoms with Crippen LogP contribution in [0.5, 0.6) is 0 Å². The van der Waals surface area contributed by atoms with Crippen molar-refractivity contribution >= 4 is 27.6 Å². The molecule has 0 saturated carbocycles. The number of benzene rings is 2. The van der Waals surface area contributed by atoms with Crippen molar-refractivity contribution < 1.29 is 0 Å². The van der Waals surface area contributed by atoms with Crippen LogP contribution in [0.15, 0.2) is 47.3 Å². The van der Waals surface area contributed by atoms with E-state index in [4.69, 9.17) is 5.26 Å². The number of imidazole rings is 1. The molecule has 100 valence electrons. The fourth-order valence-electron chi connectivity index (χ4n) is 2.73. The van der Waals surface area contributed by atoms with Crippen LogP contribution in [0.2, 0.25) is 0 Å². The minimum Gasteiger partial charge on any atom is -0.296 e. The van der Waals surface area contributed by atoms with Crippen molar-refractivity contribution in [2.45, 2.75) is 0 Å². The third-order valence-corrected chi connectivity index (χ3v) is 3.77. The zero-order chi connectivity index (χ0) is 14.6. The first-order valence-electron chi connectivity index (χ1n) is 6.51. The van der Waals surface area contributed by atoms with Crippen LogP contribution in [0.1, 0.15) is 5.56 Å². The maximum Gasteiger partial charge on any atom is 0.334 e. The predicted molar refractivity (Wildman–Crippen MR) is 80.2 cm³/mol. The van der Waals surface area contributed by atoms with Crippen molar-refractivity contribution in [1.82, 2.24) is 14.0 Å². The third-order valence-electron chi connectivity index (χ3n) is 3.77. The maximum absolute atomic E-state index is 12.6. The molecule has 2 aromatic heterocycles. The lowest BCUT2D eigenvalue weighted by Gasteiger charge is -2.06. The molecule has 0 fully saturated rings. The second-order valence-electron chi connectivity index (χ2n) is 4.94. The summed E-state index contributed by atoms with van der Waals surface area (Å²) in [6, 6.07) is 14.9. The molecular weight excluding hydrogens is 264 g/mol. The van der Waals surface area contributed by atoms with E-state index in [1.54, 1.807) is 34.2 Å². The molecule has 5 heteroatoms. The molecule has 2 aromatic carbocycles. The number of nitriles is 1. The van der Waals surface area contributed by atoms with Crippen molar-refractivity contribution in [2.75, 3.05) is 0 Å². The Morgan fingerprint density at radius 1 is 1.14 bits per heavy atom. The van der Waals surface area contributed by atoms with Gasteiger partial charge in [-0.25, -0.2) is 14.2 Å². The van der Waals surface area contributed by atoms with Crippen molar-refractivity contribution in [1.29, 1.82) is 5.26 Å². The standard InChI is InChI=1S/C16H10N4O/c1-19-13-5-3-2-4-11(13)15-18-12-8-10(9-17)6-7-14(12)20(15)16(19)21/h2-8H,1H3. The third kappa shape index (κ3) is 1.44. The molecule has 0 radical (unpaired) electrons. The van der Waals surface area contributed by atoms with Gasteiger partial charge in [0.1, 0.15) is 0 Å². The Balaban J connectivity index is 2.35. The first kappa shape index (κ1) is 11.7. The molecule has 4 aromatic rings. The van der Waals surface area contributed by atoms with Crippen LogP contribution in [0.25, 0.3) is 27.6 Å². The first-order chi connectivity index (χ1) is 10.2. The van der Waals surface area contributed by atoms with Crippen molar-refractivity contribution in [2.24, 2.45) is 7.05 Å². The first-order valence-corrected chi connectivity index (χ1v) is 6.51. The highest BCUT2D eigenvalue weighted by molar-refractivity contribution is 5.96. The molecule has 0 N–H and O–H groups in total. The summed E-state index contributed by atoms with van der Waals surface area (Å²) in [5, 5.41) is 9.90. The number of hydrogen-bond acceptors (Lipinski definition) is 3. The second-order valence-corrected chi connectivity index (χ2v) is 4.94. The van der Waals surface area contributed by atoms with Crippen LogP contribution < -0.4 is 5.69 Å². The summed E-state index contributed by atoms with van der Waals surface area (Å²) in [6.07, 6.45) is 0. The van der Waals surface area contributed by atoms with Crippen LogP contribution in [-0.4, -0.2) is 14.0 Å². The largest absolute Gasteiger partial charge is 0.334 e. The number of aromatic nitrogens is 3. The van der Waals surface area contributed by atoms with Gasteiger partial charge >= 0.3 is 5.69 Å². The lowest BCUT2D eigenvalue weighted by Crippen LogP contribution is -2.24. The molecule has 0 unspecified atom stereocenters. The monoisotopic (exact) mass is 274 g/mol. The quantitative estimate of drug-likeness (QED) is 0.494. The lowest BCUT2D eigenvalue weighted by atomic mass is 10.2. The summed E-state index contributed by atoms with van der Waals surface area (Å²) >= 11 is 0. The van der Waals surface area contributed by atoms with Crippen LogP contribution in [0, 0.1) is 11.3 Å². The smallest absolute Gasteiger partial charge is 0.296 e. The Morgan fingerprint density at radius 3 is 2.76 bits per heavy atom. The molecule has 0 aliphatic carbocycles. The number of nitrogens with zero attached hydrogens (tertiary/aromatic N) is 4. The summed E-state index contributed by atoms with van der Waals surface area (Å²) in [7, 11) is 1.75. The van der Waals surface area contributed by atoms with Crippen molar-refractivity contribution in [3.05, 3.63) is 58.5 Å². The van der Waals surface area contributed by atoms with E-state index in [9.17, 15) is 4.79 Å². The van der Waals surface area contributed by atoms with E-state index < -0.39 is 0 Å². The van der Waals surface area contributed by atoms with Gasteiger partial charge in [-0.05, 0) is 30.3 Å². The molecule has 4 rings (SSSR count). The molecule has 0 aliphatic rings. The van der Waals surface area contributed by atoms with Crippen LogP contribution in [0.4, 0.5) is 0 Å². The fraction of sp³-hybridized carbons (Fsp3) is 0.0625. The summed E-state index contributed by atoms with van der Waals surface area (Å²) in [6.45, 7) is 0. The van der Waals surface area contributed by atoms with Gasteiger partial charge in [-0.1, -0.05) is 12.1 Å². The average Bonchev–Trinajstić information content (AvgIpc) is 2.91. The topological polar surface area (TPSA) is 63.1 Å². The van der Waals surface area contributed by atoms with Gasteiger partial charge in [0.15, 0.2) is 5.65 Å². The highest BCUT2D eigenvalue weighted by Crippen LogP contribution is 2.22. The number of rotatable bonds is 0. The Labute approximate surface area is 119 Å². The number of para-hydroxylation sites is 1. The molecule has 5 nitrogen and oxygen atoms in total. The average molecular weight is 274 g/mol. The van der Waals surface area contributed by atoms with Gasteiger partial charge in [-0.15, -0.1) is 0 Å². The zero-order valence-electron chi connectivity index (χ0n) is 11.2. The predicted octanol–water partition coefficient (Wildman–Crippen LogP) is 2.21. The SMILES string of the molecule is Cn1c(=O)n2c3ccc(C#N)cc3nc2c2ccccc21. The maximum atomic E-state index is 12.6. The molecule has 2 heterocycles. The molecule has 0 saturated heterocycles. The van der Waals surface area contributed by atoms with Gasteiger partial charge in [0.05, 0.1) is 28.2 Å². The van der Waals surface area contributed by atoms with E-state index >= 15 is 0 Å². The summed E-state index contributed by atoms with van der Waals surface area (Å²) < 4.78 is 3.21. The summed E-state index contributed by atoms with van der Waals surface area (Å²) in [5.74, 6) is 0. The summed E-state index contributed by atoms with van der Waals surface area (Å²) in [4.78, 5) is 17.1. The van der Waals surface area contributed by atoms with Gasteiger partial charge in [-0.2, -0.15) is 5.26 Å². The van der Waals surface area contributed by atoms with E-state index in [-0.39, 0.29) is 5.69 Å². The van der Waals surface area contributed by atoms with E-state index in [0.717, 1.165) is 16.4 Å². The summed E-state index contributed by atoms with van der Waals surface area (Å²) in [5.41, 5.74) is 3.23. The molecule has 0 bridgehead atoms. The van der Waals surface area contributed by atoms with Gasteiger partial charge in [0, 0.05) is 12.4 Å². The Kier molecular flexibility index (Phi) is 2.19. The van der Waals surface area contributed by atoms with Crippen molar-refractivity contribution in [3.8, 4) is 6.07 Å². The number of aryl methyl sites for hydroxylation is 1. The highest BCUT2D eigenvalue weighted by Gasteiger charge is 2.13. The lowest BCUT2D eigenvalue weighted by molar-refractivity contribution is 0.836. The molecule has 0 amide bonds. The highest BCUT2D eigenvalue weighted by atomic mass is 16.1. The van der Waals surface area contributed by atoms with Crippen LogP contribution in [-0.2, 0) is 7.05 Å². The van der Waals surface area contributed by atoms with E-state index in [2.05, 4.69) is 11.1 Å². The Morgan fingerprint density at radius 2 is 1.95 bits per heavy atom. The van der Waals surface area contributed by atoms with Crippen LogP contribution in [0.3, 0.4) is 0 Å². The number of hydrogen-bond donors (Lipinski definition) is 0. The molecule has 0 aliphatic heterocycles. The van der Waals surface area contributed by atoms with E-state index in [1.807, 2.05) is 24.3 Å². The van der Waals surface area contributed by atoms with Crippen LogP contribution >= 0.6 is 0 Å². The minimum absolute atomic E-state index is 0.143. The second kappa shape index (κ2) is 3.93. The van der Waals surface area contributed by atoms with E-state index in [1.165, 1.54) is 0 Å². The minimum atomic E-state index is -0.143. The fourth-order valence-corrected chi connectivity index (χ4v) is 2.73. The normalized spacial score (nSPS) is 11.2. The van der Waals surface area contributed by atoms with Crippen molar-refractivity contribution in [3.63, 3.8) is 0 Å². The van der Waals surface area contributed by atoms with Gasteiger partial charge in [0.2, 0.25) is 0 Å². The zero-order valence-corrected chi connectivity index (χ0v) is 11.2. The molecule has 21 heavy (non-hydrogen) atoms. The van der Waals surface area contributed by atoms with Gasteiger partial charge in [-0.3, -0.25) is 4.57 Å². The van der Waals surface area contributed by atoms with E-state index in [0.29, 0.717) is 16.7 Å². The van der Waals surface area contributed by atoms with Gasteiger partial charge in [0.25, 0.3) is 0 Å². The Bertz CT molecular complexity index is 1130. The Hall–Kier alpha value is -3.13. The van der Waals surface area contributed by atoms with Gasteiger partial charge < -0.3 is 0 Å². The number of fused-ring (bicyclic) bond motifs is 5. The molecule has 0 atom stereocenters. The molecule has 0 spiro atoms.